The second-order valence-corrected chi connectivity index (χ2v) is 5.96. The van der Waals surface area contributed by atoms with Gasteiger partial charge in [0.15, 0.2) is 0 Å². The van der Waals surface area contributed by atoms with Gasteiger partial charge in [0.1, 0.15) is 5.75 Å². The topological polar surface area (TPSA) is 44.5 Å². The Hall–Kier alpha value is -1.74. The fourth-order valence-electron chi connectivity index (χ4n) is 1.87. The fourth-order valence-corrected chi connectivity index (χ4v) is 1.87. The lowest BCUT2D eigenvalue weighted by Gasteiger charge is -2.25. The molecule has 1 rings (SSSR count). The van der Waals surface area contributed by atoms with Crippen molar-refractivity contribution in [3.05, 3.63) is 55.3 Å². The van der Waals surface area contributed by atoms with Gasteiger partial charge in [-0.3, -0.25) is 0 Å². The van der Waals surface area contributed by atoms with E-state index in [-0.39, 0.29) is 11.7 Å². The van der Waals surface area contributed by atoms with Gasteiger partial charge in [-0.05, 0) is 64.4 Å². The zero-order chi connectivity index (χ0) is 17.0. The van der Waals surface area contributed by atoms with Crippen LogP contribution in [-0.4, -0.2) is 12.2 Å². The van der Waals surface area contributed by atoms with E-state index in [2.05, 4.69) is 58.7 Å². The molecule has 2 N–H and O–H groups in total. The van der Waals surface area contributed by atoms with Gasteiger partial charge in [-0.1, -0.05) is 24.8 Å². The summed E-state index contributed by atoms with van der Waals surface area (Å²) in [6.45, 7) is 15.8. The molecule has 0 fully saturated rings. The minimum atomic E-state index is -0.139. The molecule has 0 radical (unpaired) electrons. The Morgan fingerprint density at radius 3 is 2.45 bits per heavy atom. The van der Waals surface area contributed by atoms with Crippen LogP contribution in [0.3, 0.4) is 0 Å². The number of benzene rings is 1. The Labute approximate surface area is 135 Å². The molecule has 0 spiro atoms. The maximum atomic E-state index is 5.95. The Bertz CT molecular complexity index is 435. The van der Waals surface area contributed by atoms with E-state index >= 15 is 0 Å². The maximum Gasteiger partial charge on any atom is 0.119 e. The predicted molar refractivity (Wildman–Crippen MR) is 95.0 cm³/mol. The largest absolute Gasteiger partial charge is 0.494 e. The van der Waals surface area contributed by atoms with Gasteiger partial charge in [0.25, 0.3) is 0 Å². The molecule has 124 valence electrons. The van der Waals surface area contributed by atoms with Gasteiger partial charge in [0.05, 0.1) is 18.3 Å². The third-order valence-electron chi connectivity index (χ3n) is 2.68. The highest BCUT2D eigenvalue weighted by atomic mass is 16.5. The molecule has 3 heteroatoms. The molecule has 0 amide bonds. The minimum Gasteiger partial charge on any atom is -0.494 e. The van der Waals surface area contributed by atoms with Crippen molar-refractivity contribution in [2.45, 2.75) is 52.2 Å². The zero-order valence-corrected chi connectivity index (χ0v) is 14.5. The summed E-state index contributed by atoms with van der Waals surface area (Å²) in [6.07, 6.45) is 5.22. The van der Waals surface area contributed by atoms with E-state index in [0.717, 1.165) is 30.8 Å². The summed E-state index contributed by atoms with van der Waals surface area (Å²) in [5, 5.41) is 0. The quantitative estimate of drug-likeness (QED) is 0.569. The second-order valence-electron chi connectivity index (χ2n) is 5.96. The van der Waals surface area contributed by atoms with Gasteiger partial charge in [-0.25, -0.2) is 0 Å². The van der Waals surface area contributed by atoms with Crippen LogP contribution in [0.25, 0.3) is 0 Å². The first-order valence-electron chi connectivity index (χ1n) is 7.68. The third-order valence-corrected chi connectivity index (χ3v) is 2.68. The van der Waals surface area contributed by atoms with Crippen LogP contribution in [0.2, 0.25) is 0 Å². The van der Waals surface area contributed by atoms with Crippen LogP contribution < -0.4 is 10.5 Å². The minimum absolute atomic E-state index is 0.0664. The summed E-state index contributed by atoms with van der Waals surface area (Å²) in [6, 6.07) is 8.14. The third kappa shape index (κ3) is 10.1. The molecule has 0 aromatic heterocycles. The molecule has 22 heavy (non-hydrogen) atoms. The highest BCUT2D eigenvalue weighted by Gasteiger charge is 2.16. The predicted octanol–water partition coefficient (Wildman–Crippen LogP) is 5.00. The molecule has 0 saturated heterocycles. The van der Waals surface area contributed by atoms with E-state index in [0.29, 0.717) is 0 Å². The molecule has 1 aromatic rings. The first kappa shape index (κ1) is 20.3. The molecule has 1 atom stereocenters. The molecule has 0 aliphatic carbocycles. The van der Waals surface area contributed by atoms with Crippen molar-refractivity contribution < 1.29 is 9.47 Å². The lowest BCUT2D eigenvalue weighted by molar-refractivity contribution is -0.0530. The van der Waals surface area contributed by atoms with Crippen molar-refractivity contribution in [1.29, 1.82) is 0 Å². The molecule has 3 nitrogen and oxygen atoms in total. The van der Waals surface area contributed by atoms with Crippen molar-refractivity contribution in [2.24, 2.45) is 5.73 Å². The first-order valence-corrected chi connectivity index (χ1v) is 7.68. The van der Waals surface area contributed by atoms with E-state index < -0.39 is 0 Å². The fraction of sp³-hybridized carbons (Fsp3) is 0.474. The average Bonchev–Trinajstić information content (AvgIpc) is 2.43. The number of nitrogens with two attached hydrogens (primary N) is 1. The van der Waals surface area contributed by atoms with Gasteiger partial charge in [-0.15, -0.1) is 6.58 Å². The standard InChI is InChI=1S/C17H26O2.C2H5N/c1-6-7-8-12-18-16-11-9-10-15(13-16)14(2)19-17(3,4)5;1-2-3/h6,9-11,13-14H,1,7-8,12H2,2-5H3;2H,1,3H2. The maximum absolute atomic E-state index is 5.95. The summed E-state index contributed by atoms with van der Waals surface area (Å²) in [7, 11) is 0. The van der Waals surface area contributed by atoms with Crippen LogP contribution in [0.4, 0.5) is 0 Å². The molecule has 0 aliphatic heterocycles. The SMILES string of the molecule is C=CCCCOc1cccc(C(C)OC(C)(C)C)c1.C=CN. The van der Waals surface area contributed by atoms with Gasteiger partial charge >= 0.3 is 0 Å². The molecule has 1 aromatic carbocycles. The number of allylic oxidation sites excluding steroid dienone is 1. The van der Waals surface area contributed by atoms with Gasteiger partial charge in [0, 0.05) is 0 Å². The van der Waals surface area contributed by atoms with Crippen molar-refractivity contribution in [2.75, 3.05) is 6.61 Å². The first-order chi connectivity index (χ1) is 10.3. The van der Waals surface area contributed by atoms with Crippen LogP contribution in [0.15, 0.2) is 49.7 Å². The smallest absolute Gasteiger partial charge is 0.119 e. The van der Waals surface area contributed by atoms with Crippen molar-refractivity contribution >= 4 is 0 Å². The highest BCUT2D eigenvalue weighted by molar-refractivity contribution is 5.29. The summed E-state index contributed by atoms with van der Waals surface area (Å²) in [4.78, 5) is 0. The highest BCUT2D eigenvalue weighted by Crippen LogP contribution is 2.26. The van der Waals surface area contributed by atoms with Gasteiger partial charge in [-0.2, -0.15) is 0 Å². The molecular weight excluding hydrogens is 274 g/mol. The normalized spacial score (nSPS) is 11.8. The van der Waals surface area contributed by atoms with E-state index in [1.165, 1.54) is 6.20 Å². The number of hydrogen-bond donors (Lipinski definition) is 1. The van der Waals surface area contributed by atoms with E-state index in [9.17, 15) is 0 Å². The second kappa shape index (κ2) is 10.9. The number of unbranched alkanes of at least 4 members (excludes halogenated alkanes) is 1. The van der Waals surface area contributed by atoms with Crippen LogP contribution in [0, 0.1) is 0 Å². The lowest BCUT2D eigenvalue weighted by atomic mass is 10.1. The Kier molecular flexibility index (Phi) is 10.0. The van der Waals surface area contributed by atoms with Crippen LogP contribution in [-0.2, 0) is 4.74 Å². The monoisotopic (exact) mass is 305 g/mol. The van der Waals surface area contributed by atoms with Crippen LogP contribution in [0.5, 0.6) is 5.75 Å². The van der Waals surface area contributed by atoms with Crippen LogP contribution >= 0.6 is 0 Å². The van der Waals surface area contributed by atoms with E-state index in [1.54, 1.807) is 0 Å². The molecule has 0 aliphatic rings. The molecule has 1 unspecified atom stereocenters. The van der Waals surface area contributed by atoms with Crippen molar-refractivity contribution in [3.63, 3.8) is 0 Å². The average molecular weight is 305 g/mol. The zero-order valence-electron chi connectivity index (χ0n) is 14.5. The molecule has 0 bridgehead atoms. The lowest BCUT2D eigenvalue weighted by Crippen LogP contribution is -2.21. The summed E-state index contributed by atoms with van der Waals surface area (Å²) < 4.78 is 11.7. The summed E-state index contributed by atoms with van der Waals surface area (Å²) in [5.74, 6) is 0.908. The number of hydrogen-bond acceptors (Lipinski definition) is 3. The Morgan fingerprint density at radius 1 is 1.27 bits per heavy atom. The number of ether oxygens (including phenoxy) is 2. The van der Waals surface area contributed by atoms with Crippen molar-refractivity contribution in [3.8, 4) is 5.75 Å². The Morgan fingerprint density at radius 2 is 1.91 bits per heavy atom. The van der Waals surface area contributed by atoms with E-state index in [4.69, 9.17) is 9.47 Å². The molecule has 0 saturated carbocycles. The van der Waals surface area contributed by atoms with Crippen LogP contribution in [0.1, 0.15) is 52.2 Å². The van der Waals surface area contributed by atoms with Gasteiger partial charge in [0.2, 0.25) is 0 Å². The number of rotatable bonds is 7. The molecular formula is C19H31NO2. The van der Waals surface area contributed by atoms with E-state index in [1.807, 2.05) is 18.2 Å². The van der Waals surface area contributed by atoms with Crippen molar-refractivity contribution in [1.82, 2.24) is 0 Å². The Balaban J connectivity index is 0.00000135. The summed E-state index contributed by atoms with van der Waals surface area (Å²) >= 11 is 0. The molecule has 0 heterocycles. The summed E-state index contributed by atoms with van der Waals surface area (Å²) in [5.41, 5.74) is 5.62. The van der Waals surface area contributed by atoms with Gasteiger partial charge < -0.3 is 15.2 Å².